The quantitative estimate of drug-likeness (QED) is 0.0534. The fourth-order valence-electron chi connectivity index (χ4n) is 7.55. The van der Waals surface area contributed by atoms with Crippen LogP contribution in [0, 0.1) is 11.8 Å². The highest BCUT2D eigenvalue weighted by molar-refractivity contribution is 5.87. The maximum absolute atomic E-state index is 11.4. The van der Waals surface area contributed by atoms with Gasteiger partial charge in [0.05, 0.1) is 0 Å². The summed E-state index contributed by atoms with van der Waals surface area (Å²) in [7, 11) is 0. The minimum atomic E-state index is -0.943. The molecule has 0 radical (unpaired) electrons. The molecule has 0 aromatic heterocycles. The van der Waals surface area contributed by atoms with Gasteiger partial charge in [0.2, 0.25) is 0 Å². The van der Waals surface area contributed by atoms with Crippen LogP contribution in [0.3, 0.4) is 0 Å². The lowest BCUT2D eigenvalue weighted by atomic mass is 9.88. The second-order valence-electron chi connectivity index (χ2n) is 16.6. The number of rotatable bonds is 36. The van der Waals surface area contributed by atoms with E-state index in [9.17, 15) is 19.8 Å². The van der Waals surface area contributed by atoms with Gasteiger partial charge in [0, 0.05) is 12.2 Å². The molecule has 1 aromatic rings. The molecule has 0 fully saturated rings. The molecule has 0 atom stereocenters. The lowest BCUT2D eigenvalue weighted by molar-refractivity contribution is -0.132. The Kier molecular flexibility index (Phi) is 30.5. The van der Waals surface area contributed by atoms with Crippen molar-refractivity contribution in [2.45, 2.75) is 220 Å². The van der Waals surface area contributed by atoms with Crippen LogP contribution in [-0.2, 0) is 22.4 Å². The first-order valence-electron chi connectivity index (χ1n) is 22.2. The molecule has 0 saturated heterocycles. The summed E-state index contributed by atoms with van der Waals surface area (Å²) in [6.45, 7) is 9.28. The van der Waals surface area contributed by atoms with Gasteiger partial charge in [-0.05, 0) is 71.9 Å². The Balaban J connectivity index is 2.49. The molecule has 0 saturated carbocycles. The van der Waals surface area contributed by atoms with Gasteiger partial charge < -0.3 is 10.2 Å². The maximum Gasteiger partial charge on any atom is 0.328 e. The third kappa shape index (κ3) is 28.2. The second-order valence-corrected chi connectivity index (χ2v) is 16.6. The molecule has 0 bridgehead atoms. The number of carboxylic acid groups (broad SMARTS) is 2. The number of unbranched alkanes of at least 4 members (excludes halogenated alkanes) is 24. The fraction of sp³-hybridized carbons (Fsp3) is 0.750. The summed E-state index contributed by atoms with van der Waals surface area (Å²) in [5.41, 5.74) is 4.32. The van der Waals surface area contributed by atoms with E-state index >= 15 is 0 Å². The van der Waals surface area contributed by atoms with Gasteiger partial charge in [0.25, 0.3) is 0 Å². The van der Waals surface area contributed by atoms with E-state index in [4.69, 9.17) is 0 Å². The van der Waals surface area contributed by atoms with Gasteiger partial charge in [-0.15, -0.1) is 0 Å². The van der Waals surface area contributed by atoms with E-state index in [2.05, 4.69) is 27.7 Å². The van der Waals surface area contributed by atoms with Crippen LogP contribution >= 0.6 is 0 Å². The van der Waals surface area contributed by atoms with Gasteiger partial charge in [-0.2, -0.15) is 0 Å². The van der Waals surface area contributed by atoms with Gasteiger partial charge in [-0.1, -0.05) is 207 Å². The molecule has 298 valence electrons. The van der Waals surface area contributed by atoms with Gasteiger partial charge in [-0.3, -0.25) is 0 Å². The Morgan fingerprint density at radius 1 is 0.423 bits per heavy atom. The van der Waals surface area contributed by atoms with E-state index in [0.29, 0.717) is 0 Å². The Bertz CT molecular complexity index is 997. The third-order valence-corrected chi connectivity index (χ3v) is 10.7. The van der Waals surface area contributed by atoms with E-state index in [0.717, 1.165) is 48.6 Å². The Morgan fingerprint density at radius 2 is 0.654 bits per heavy atom. The first-order chi connectivity index (χ1) is 25.2. The number of benzene rings is 1. The lowest BCUT2D eigenvalue weighted by Crippen LogP contribution is -2.03. The molecule has 0 heterocycles. The van der Waals surface area contributed by atoms with E-state index < -0.39 is 11.9 Å². The van der Waals surface area contributed by atoms with Crippen LogP contribution in [-0.4, -0.2) is 22.2 Å². The van der Waals surface area contributed by atoms with Crippen LogP contribution in [0.1, 0.15) is 230 Å². The molecule has 1 rings (SSSR count). The molecule has 2 N–H and O–H groups in total. The molecule has 0 aliphatic rings. The maximum atomic E-state index is 11.4. The highest BCUT2D eigenvalue weighted by Gasteiger charge is 2.12. The summed E-state index contributed by atoms with van der Waals surface area (Å²) in [4.78, 5) is 22.8. The van der Waals surface area contributed by atoms with E-state index in [1.165, 1.54) is 190 Å². The fourth-order valence-corrected chi connectivity index (χ4v) is 7.55. The zero-order chi connectivity index (χ0) is 38.1. The zero-order valence-electron chi connectivity index (χ0n) is 34.5. The number of aliphatic carboxylic acids is 2. The van der Waals surface area contributed by atoms with Crippen LogP contribution in [0.2, 0.25) is 0 Å². The highest BCUT2D eigenvalue weighted by Crippen LogP contribution is 2.27. The summed E-state index contributed by atoms with van der Waals surface area (Å²) in [6, 6.07) is 3.94. The molecule has 0 unspecified atom stereocenters. The van der Waals surface area contributed by atoms with Crippen molar-refractivity contribution < 1.29 is 19.8 Å². The predicted octanol–water partition coefficient (Wildman–Crippen LogP) is 15.2. The molecule has 0 spiro atoms. The van der Waals surface area contributed by atoms with Crippen molar-refractivity contribution in [1.82, 2.24) is 0 Å². The predicted molar refractivity (Wildman–Crippen MR) is 226 cm³/mol. The highest BCUT2D eigenvalue weighted by atomic mass is 16.4. The molecule has 0 amide bonds. The van der Waals surface area contributed by atoms with E-state index in [-0.39, 0.29) is 0 Å². The molecule has 4 heteroatoms. The molecule has 0 aliphatic heterocycles. The van der Waals surface area contributed by atoms with Crippen molar-refractivity contribution in [1.29, 1.82) is 0 Å². The van der Waals surface area contributed by atoms with Crippen molar-refractivity contribution >= 4 is 24.1 Å². The first kappa shape index (κ1) is 47.7. The van der Waals surface area contributed by atoms with Crippen molar-refractivity contribution in [3.05, 3.63) is 46.5 Å². The van der Waals surface area contributed by atoms with Gasteiger partial charge in [0.1, 0.15) is 0 Å². The SMILES string of the molecule is CC(C)CCCCCCCCCCCCCCCc1c(C=CC(=O)O)ccc(C=CC(=O)O)c1CCCCCCCCCCCCCCCC(C)C. The molecule has 4 nitrogen and oxygen atoms in total. The number of hydrogen-bond acceptors (Lipinski definition) is 2. The smallest absolute Gasteiger partial charge is 0.328 e. The van der Waals surface area contributed by atoms with E-state index in [1.807, 2.05) is 12.1 Å². The lowest BCUT2D eigenvalue weighted by Gasteiger charge is -2.17. The largest absolute Gasteiger partial charge is 0.478 e. The van der Waals surface area contributed by atoms with Crippen LogP contribution in [0.15, 0.2) is 24.3 Å². The molecular formula is C48H82O4. The zero-order valence-corrected chi connectivity index (χ0v) is 34.5. The summed E-state index contributed by atoms with van der Waals surface area (Å²) < 4.78 is 0. The number of carboxylic acids is 2. The summed E-state index contributed by atoms with van der Waals surface area (Å²) >= 11 is 0. The average molecular weight is 723 g/mol. The van der Waals surface area contributed by atoms with Crippen molar-refractivity contribution in [3.63, 3.8) is 0 Å². The molecule has 1 aromatic carbocycles. The van der Waals surface area contributed by atoms with E-state index in [1.54, 1.807) is 12.2 Å². The van der Waals surface area contributed by atoms with Crippen LogP contribution in [0.5, 0.6) is 0 Å². The van der Waals surface area contributed by atoms with Crippen molar-refractivity contribution in [2.24, 2.45) is 11.8 Å². The Labute approximate surface area is 321 Å². The minimum Gasteiger partial charge on any atom is -0.478 e. The van der Waals surface area contributed by atoms with Crippen LogP contribution in [0.25, 0.3) is 12.2 Å². The molecule has 52 heavy (non-hydrogen) atoms. The second kappa shape index (κ2) is 33.2. The number of carbonyl (C=O) groups is 2. The molecule has 0 aliphatic carbocycles. The molecular weight excluding hydrogens is 641 g/mol. The number of hydrogen-bond donors (Lipinski definition) is 2. The Morgan fingerprint density at radius 3 is 0.885 bits per heavy atom. The summed E-state index contributed by atoms with van der Waals surface area (Å²) in [6.07, 6.45) is 44.8. The van der Waals surface area contributed by atoms with Crippen molar-refractivity contribution in [2.75, 3.05) is 0 Å². The van der Waals surface area contributed by atoms with Gasteiger partial charge in [0.15, 0.2) is 0 Å². The van der Waals surface area contributed by atoms with Crippen LogP contribution < -0.4 is 0 Å². The van der Waals surface area contributed by atoms with Gasteiger partial charge in [-0.25, -0.2) is 9.59 Å². The average Bonchev–Trinajstić information content (AvgIpc) is 3.10. The normalized spacial score (nSPS) is 12.0. The first-order valence-corrected chi connectivity index (χ1v) is 22.2. The summed E-state index contributed by atoms with van der Waals surface area (Å²) in [5, 5.41) is 18.7. The monoisotopic (exact) mass is 723 g/mol. The summed E-state index contributed by atoms with van der Waals surface area (Å²) in [5.74, 6) is -0.205. The Hall–Kier alpha value is -2.36. The standard InChI is InChI=1S/C48H82O4/c1-41(2)31-27-23-19-15-11-7-5-9-13-17-21-25-29-33-45-43(37-39-47(49)50)35-36-44(38-40-48(51)52)46(45)34-30-26-22-18-14-10-6-8-12-16-20-24-28-32-42(3)4/h35-42H,5-34H2,1-4H3,(H,49,50)(H,51,52). The van der Waals surface area contributed by atoms with Crippen molar-refractivity contribution in [3.8, 4) is 0 Å². The van der Waals surface area contributed by atoms with Gasteiger partial charge >= 0.3 is 11.9 Å². The van der Waals surface area contributed by atoms with Crippen LogP contribution in [0.4, 0.5) is 0 Å². The topological polar surface area (TPSA) is 74.6 Å². The third-order valence-electron chi connectivity index (χ3n) is 10.7. The minimum absolute atomic E-state index is 0.841.